The molecule has 0 aromatic heterocycles. The maximum absolute atomic E-state index is 3.69. The first-order valence-electron chi connectivity index (χ1n) is 5.06. The third-order valence-corrected chi connectivity index (χ3v) is 2.57. The molecular weight excluding hydrogens is 148 g/mol. The highest BCUT2D eigenvalue weighted by molar-refractivity contribution is 4.86. The van der Waals surface area contributed by atoms with Crippen molar-refractivity contribution < 1.29 is 0 Å². The Morgan fingerprint density at radius 2 is 1.83 bits per heavy atom. The van der Waals surface area contributed by atoms with Gasteiger partial charge in [-0.3, -0.25) is 0 Å². The number of hydrogen-bond donors (Lipinski definition) is 2. The summed E-state index contributed by atoms with van der Waals surface area (Å²) in [5, 5.41) is 6.91. The number of hydrogen-bond acceptors (Lipinski definition) is 2. The molecule has 0 heterocycles. The molecule has 2 N–H and O–H groups in total. The van der Waals surface area contributed by atoms with Crippen molar-refractivity contribution in [3.05, 3.63) is 0 Å². The van der Waals surface area contributed by atoms with Crippen LogP contribution in [0.5, 0.6) is 0 Å². The number of likely N-dealkylation sites (N-methyl/N-ethyl adjacent to an activating group) is 1. The Morgan fingerprint density at radius 1 is 1.25 bits per heavy atom. The van der Waals surface area contributed by atoms with Gasteiger partial charge in [-0.2, -0.15) is 0 Å². The molecule has 1 aliphatic rings. The first-order chi connectivity index (χ1) is 5.64. The van der Waals surface area contributed by atoms with Gasteiger partial charge in [0.15, 0.2) is 0 Å². The Hall–Kier alpha value is -0.0800. The lowest BCUT2D eigenvalue weighted by Gasteiger charge is -2.29. The second-order valence-corrected chi connectivity index (χ2v) is 4.54. The van der Waals surface area contributed by atoms with Crippen molar-refractivity contribution in [3.8, 4) is 0 Å². The third kappa shape index (κ3) is 3.11. The van der Waals surface area contributed by atoms with E-state index >= 15 is 0 Å². The van der Waals surface area contributed by atoms with Gasteiger partial charge in [-0.1, -0.05) is 12.8 Å². The summed E-state index contributed by atoms with van der Waals surface area (Å²) in [6.45, 7) is 5.58. The summed E-state index contributed by atoms with van der Waals surface area (Å²) in [4.78, 5) is 0. The SMILES string of the molecule is CNCC(C)(C)NC1CCCC1. The van der Waals surface area contributed by atoms with Crippen molar-refractivity contribution >= 4 is 0 Å². The van der Waals surface area contributed by atoms with Gasteiger partial charge in [0.25, 0.3) is 0 Å². The molecule has 0 bridgehead atoms. The van der Waals surface area contributed by atoms with Gasteiger partial charge in [0.2, 0.25) is 0 Å². The summed E-state index contributed by atoms with van der Waals surface area (Å²) in [7, 11) is 2.01. The van der Waals surface area contributed by atoms with Crippen LogP contribution in [-0.4, -0.2) is 25.2 Å². The second-order valence-electron chi connectivity index (χ2n) is 4.54. The first-order valence-corrected chi connectivity index (χ1v) is 5.06. The zero-order valence-corrected chi connectivity index (χ0v) is 8.61. The Balaban J connectivity index is 2.27. The van der Waals surface area contributed by atoms with Crippen molar-refractivity contribution in [2.24, 2.45) is 0 Å². The summed E-state index contributed by atoms with van der Waals surface area (Å²) in [6.07, 6.45) is 5.56. The topological polar surface area (TPSA) is 24.1 Å². The van der Waals surface area contributed by atoms with E-state index in [0.29, 0.717) is 0 Å². The van der Waals surface area contributed by atoms with Crippen molar-refractivity contribution in [1.82, 2.24) is 10.6 Å². The van der Waals surface area contributed by atoms with Gasteiger partial charge in [0, 0.05) is 18.1 Å². The molecule has 1 saturated carbocycles. The van der Waals surface area contributed by atoms with E-state index in [1.165, 1.54) is 25.7 Å². The van der Waals surface area contributed by atoms with E-state index in [1.54, 1.807) is 0 Å². The first kappa shape index (κ1) is 10.0. The Kier molecular flexibility index (Phi) is 3.53. The molecule has 0 saturated heterocycles. The largest absolute Gasteiger partial charge is 0.318 e. The molecular formula is C10H22N2. The van der Waals surface area contributed by atoms with Crippen LogP contribution in [-0.2, 0) is 0 Å². The molecule has 2 heteroatoms. The molecule has 0 atom stereocenters. The van der Waals surface area contributed by atoms with Crippen LogP contribution >= 0.6 is 0 Å². The molecule has 0 spiro atoms. The zero-order chi connectivity index (χ0) is 9.03. The fourth-order valence-electron chi connectivity index (χ4n) is 2.12. The quantitative estimate of drug-likeness (QED) is 0.668. The van der Waals surface area contributed by atoms with E-state index in [9.17, 15) is 0 Å². The highest BCUT2D eigenvalue weighted by Gasteiger charge is 2.23. The standard InChI is InChI=1S/C10H22N2/c1-10(2,8-11-3)12-9-6-4-5-7-9/h9,11-12H,4-8H2,1-3H3. The van der Waals surface area contributed by atoms with Gasteiger partial charge in [0.1, 0.15) is 0 Å². The molecule has 1 fully saturated rings. The molecule has 0 aromatic carbocycles. The normalized spacial score (nSPS) is 20.2. The molecule has 0 aliphatic heterocycles. The Labute approximate surface area is 76.1 Å². The van der Waals surface area contributed by atoms with E-state index in [2.05, 4.69) is 24.5 Å². The average molecular weight is 170 g/mol. The monoisotopic (exact) mass is 170 g/mol. The molecule has 0 unspecified atom stereocenters. The Morgan fingerprint density at radius 3 is 2.33 bits per heavy atom. The zero-order valence-electron chi connectivity index (χ0n) is 8.61. The molecule has 12 heavy (non-hydrogen) atoms. The lowest BCUT2D eigenvalue weighted by Crippen LogP contribution is -2.50. The van der Waals surface area contributed by atoms with Crippen molar-refractivity contribution in [1.29, 1.82) is 0 Å². The van der Waals surface area contributed by atoms with Crippen LogP contribution in [0.4, 0.5) is 0 Å². The van der Waals surface area contributed by atoms with Crippen molar-refractivity contribution in [2.45, 2.75) is 51.1 Å². The summed E-state index contributed by atoms with van der Waals surface area (Å²) in [5.41, 5.74) is 0.254. The van der Waals surface area contributed by atoms with Crippen LogP contribution < -0.4 is 10.6 Å². The lowest BCUT2D eigenvalue weighted by molar-refractivity contribution is 0.326. The van der Waals surface area contributed by atoms with E-state index in [0.717, 1.165) is 12.6 Å². The Bertz CT molecular complexity index is 126. The van der Waals surface area contributed by atoms with E-state index in [4.69, 9.17) is 0 Å². The second kappa shape index (κ2) is 4.24. The molecule has 1 rings (SSSR count). The maximum Gasteiger partial charge on any atom is 0.0252 e. The molecule has 0 amide bonds. The van der Waals surface area contributed by atoms with Crippen molar-refractivity contribution in [3.63, 3.8) is 0 Å². The van der Waals surface area contributed by atoms with Gasteiger partial charge >= 0.3 is 0 Å². The molecule has 0 aromatic rings. The predicted molar refractivity (Wildman–Crippen MR) is 53.4 cm³/mol. The van der Waals surface area contributed by atoms with Crippen LogP contribution in [0.3, 0.4) is 0 Å². The predicted octanol–water partition coefficient (Wildman–Crippen LogP) is 1.52. The number of nitrogens with one attached hydrogen (secondary N) is 2. The average Bonchev–Trinajstić information content (AvgIpc) is 2.38. The summed E-state index contributed by atoms with van der Waals surface area (Å²) < 4.78 is 0. The lowest BCUT2D eigenvalue weighted by atomic mass is 10.0. The van der Waals surface area contributed by atoms with Crippen molar-refractivity contribution in [2.75, 3.05) is 13.6 Å². The van der Waals surface area contributed by atoms with Crippen LogP contribution in [0.25, 0.3) is 0 Å². The summed E-state index contributed by atoms with van der Waals surface area (Å²) in [5.74, 6) is 0. The fraction of sp³-hybridized carbons (Fsp3) is 1.00. The van der Waals surface area contributed by atoms with Crippen LogP contribution in [0.15, 0.2) is 0 Å². The van der Waals surface area contributed by atoms with Gasteiger partial charge < -0.3 is 10.6 Å². The van der Waals surface area contributed by atoms with Gasteiger partial charge in [-0.05, 0) is 33.7 Å². The third-order valence-electron chi connectivity index (χ3n) is 2.57. The smallest absolute Gasteiger partial charge is 0.0252 e. The molecule has 1 aliphatic carbocycles. The number of rotatable bonds is 4. The summed E-state index contributed by atoms with van der Waals surface area (Å²) in [6, 6.07) is 0.772. The van der Waals surface area contributed by atoms with Crippen LogP contribution in [0.1, 0.15) is 39.5 Å². The van der Waals surface area contributed by atoms with Gasteiger partial charge in [0.05, 0.1) is 0 Å². The molecule has 0 radical (unpaired) electrons. The summed E-state index contributed by atoms with van der Waals surface area (Å²) >= 11 is 0. The van der Waals surface area contributed by atoms with E-state index < -0.39 is 0 Å². The van der Waals surface area contributed by atoms with Crippen LogP contribution in [0.2, 0.25) is 0 Å². The van der Waals surface area contributed by atoms with Gasteiger partial charge in [-0.25, -0.2) is 0 Å². The maximum atomic E-state index is 3.69. The van der Waals surface area contributed by atoms with E-state index in [-0.39, 0.29) is 5.54 Å². The highest BCUT2D eigenvalue weighted by Crippen LogP contribution is 2.19. The fourth-order valence-corrected chi connectivity index (χ4v) is 2.12. The van der Waals surface area contributed by atoms with Gasteiger partial charge in [-0.15, -0.1) is 0 Å². The molecule has 2 nitrogen and oxygen atoms in total. The minimum absolute atomic E-state index is 0.254. The highest BCUT2D eigenvalue weighted by atomic mass is 15.0. The molecule has 72 valence electrons. The minimum Gasteiger partial charge on any atom is -0.318 e. The van der Waals surface area contributed by atoms with E-state index in [1.807, 2.05) is 7.05 Å². The minimum atomic E-state index is 0.254. The van der Waals surface area contributed by atoms with Crippen LogP contribution in [0, 0.1) is 0 Å².